The third kappa shape index (κ3) is 3.20. The van der Waals surface area contributed by atoms with E-state index in [1.165, 1.54) is 18.2 Å². The summed E-state index contributed by atoms with van der Waals surface area (Å²) in [7, 11) is -4.54. The molecule has 0 saturated heterocycles. The normalized spacial score (nSPS) is 13.0. The predicted molar refractivity (Wildman–Crippen MR) is 116 cm³/mol. The molecule has 7 nitrogen and oxygen atoms in total. The maximum atomic E-state index is 13.2. The number of aryl methyl sites for hydroxylation is 1. The average molecular weight is 487 g/mol. The lowest BCUT2D eigenvalue weighted by Gasteiger charge is -2.23. The maximum absolute atomic E-state index is 13.2. The van der Waals surface area contributed by atoms with E-state index in [0.717, 1.165) is 0 Å². The highest BCUT2D eigenvalue weighted by Crippen LogP contribution is 2.41. The van der Waals surface area contributed by atoms with Crippen LogP contribution in [0.2, 0.25) is 0 Å². The molecular weight excluding hydrogens is 472 g/mol. The van der Waals surface area contributed by atoms with Crippen LogP contribution in [0.15, 0.2) is 57.9 Å². The Morgan fingerprint density at radius 2 is 1.53 bits per heavy atom. The Morgan fingerprint density at radius 1 is 0.933 bits per heavy atom. The highest BCUT2D eigenvalue weighted by molar-refractivity contribution is 9.10. The lowest BCUT2D eigenvalue weighted by molar-refractivity contribution is 0.0980. The molecule has 0 bridgehead atoms. The number of hydrogen-bond donors (Lipinski definition) is 3. The first-order chi connectivity index (χ1) is 14.1. The van der Waals surface area contributed by atoms with Crippen LogP contribution in [0.4, 0.5) is 17.1 Å². The summed E-state index contributed by atoms with van der Waals surface area (Å²) in [6, 6.07) is 12.3. The van der Waals surface area contributed by atoms with Crippen molar-refractivity contribution in [1.29, 1.82) is 0 Å². The van der Waals surface area contributed by atoms with Gasteiger partial charge in [-0.05, 0) is 46.6 Å². The number of halogens is 1. The van der Waals surface area contributed by atoms with Crippen molar-refractivity contribution < 1.29 is 22.6 Å². The van der Waals surface area contributed by atoms with Crippen LogP contribution in [-0.4, -0.2) is 24.5 Å². The van der Waals surface area contributed by atoms with Crippen LogP contribution < -0.4 is 11.1 Å². The quantitative estimate of drug-likeness (QED) is 0.293. The highest BCUT2D eigenvalue weighted by Gasteiger charge is 2.34. The molecular formula is C21H15BrN2O5S. The number of ketones is 2. The summed E-state index contributed by atoms with van der Waals surface area (Å²) >= 11 is 3.30. The first-order valence-corrected chi connectivity index (χ1v) is 11.0. The summed E-state index contributed by atoms with van der Waals surface area (Å²) in [5.41, 5.74) is 7.65. The first-order valence-electron chi connectivity index (χ1n) is 8.75. The van der Waals surface area contributed by atoms with Crippen molar-refractivity contribution in [3.63, 3.8) is 0 Å². The van der Waals surface area contributed by atoms with Crippen LogP contribution in [0.25, 0.3) is 0 Å². The van der Waals surface area contributed by atoms with Crippen LogP contribution in [0.3, 0.4) is 0 Å². The van der Waals surface area contributed by atoms with Crippen molar-refractivity contribution in [3.05, 3.63) is 80.8 Å². The molecule has 0 aromatic heterocycles. The molecule has 0 spiro atoms. The molecule has 0 radical (unpaired) electrons. The summed E-state index contributed by atoms with van der Waals surface area (Å²) in [5, 5.41) is 2.89. The van der Waals surface area contributed by atoms with Crippen molar-refractivity contribution in [2.75, 3.05) is 11.1 Å². The predicted octanol–water partition coefficient (Wildman–Crippen LogP) is 4.11. The number of benzene rings is 3. The molecule has 0 heterocycles. The van der Waals surface area contributed by atoms with E-state index in [0.29, 0.717) is 10.0 Å². The zero-order valence-corrected chi connectivity index (χ0v) is 18.0. The molecule has 4 N–H and O–H groups in total. The Labute approximate surface area is 180 Å². The molecule has 0 saturated carbocycles. The van der Waals surface area contributed by atoms with Crippen molar-refractivity contribution in [1.82, 2.24) is 0 Å². The summed E-state index contributed by atoms with van der Waals surface area (Å²) in [6.07, 6.45) is 0. The molecule has 1 aliphatic rings. The fourth-order valence-electron chi connectivity index (χ4n) is 3.48. The number of nitrogens with two attached hydrogens (primary N) is 1. The number of anilines is 3. The number of nitrogens with one attached hydrogen (secondary N) is 1. The summed E-state index contributed by atoms with van der Waals surface area (Å²) in [5.74, 6) is -0.816. The zero-order chi connectivity index (χ0) is 21.8. The second kappa shape index (κ2) is 7.05. The van der Waals surface area contributed by atoms with Gasteiger partial charge in [0.1, 0.15) is 4.90 Å². The van der Waals surface area contributed by atoms with E-state index in [1.807, 2.05) is 0 Å². The molecule has 0 amide bonds. The Kier molecular flexibility index (Phi) is 4.76. The molecule has 4 rings (SSSR count). The third-order valence-electron chi connectivity index (χ3n) is 4.87. The van der Waals surface area contributed by atoms with Crippen LogP contribution in [0, 0.1) is 6.92 Å². The molecule has 0 atom stereocenters. The number of nitrogen functional groups attached to an aromatic ring is 1. The maximum Gasteiger partial charge on any atom is 0.296 e. The van der Waals surface area contributed by atoms with Crippen LogP contribution >= 0.6 is 15.9 Å². The van der Waals surface area contributed by atoms with Gasteiger partial charge in [-0.25, -0.2) is 0 Å². The molecule has 1 aliphatic carbocycles. The van der Waals surface area contributed by atoms with Gasteiger partial charge >= 0.3 is 0 Å². The van der Waals surface area contributed by atoms with Crippen molar-refractivity contribution in [2.45, 2.75) is 11.8 Å². The molecule has 152 valence electrons. The number of fused-ring (bicyclic) bond motifs is 2. The Hall–Kier alpha value is -3.01. The van der Waals surface area contributed by atoms with Gasteiger partial charge in [-0.3, -0.25) is 14.1 Å². The molecule has 9 heteroatoms. The van der Waals surface area contributed by atoms with Crippen molar-refractivity contribution >= 4 is 54.7 Å². The van der Waals surface area contributed by atoms with Gasteiger partial charge in [0.15, 0.2) is 11.6 Å². The second-order valence-electron chi connectivity index (χ2n) is 6.87. The van der Waals surface area contributed by atoms with Gasteiger partial charge in [0.2, 0.25) is 0 Å². The van der Waals surface area contributed by atoms with Gasteiger partial charge in [-0.2, -0.15) is 8.42 Å². The van der Waals surface area contributed by atoms with E-state index in [4.69, 9.17) is 5.73 Å². The molecule has 30 heavy (non-hydrogen) atoms. The van der Waals surface area contributed by atoms with E-state index in [2.05, 4.69) is 21.2 Å². The molecule has 0 fully saturated rings. The lowest BCUT2D eigenvalue weighted by Crippen LogP contribution is -2.24. The smallest absolute Gasteiger partial charge is 0.296 e. The van der Waals surface area contributed by atoms with Crippen molar-refractivity contribution in [2.24, 2.45) is 0 Å². The average Bonchev–Trinajstić information content (AvgIpc) is 2.69. The van der Waals surface area contributed by atoms with Crippen LogP contribution in [0.1, 0.15) is 37.4 Å². The van der Waals surface area contributed by atoms with E-state index in [-0.39, 0.29) is 44.2 Å². The number of carbonyl (C=O) groups excluding carboxylic acids is 2. The second-order valence-corrected chi connectivity index (χ2v) is 9.12. The van der Waals surface area contributed by atoms with Crippen LogP contribution in [0.5, 0.6) is 0 Å². The molecule has 3 aromatic rings. The van der Waals surface area contributed by atoms with E-state index in [9.17, 15) is 22.6 Å². The Balaban J connectivity index is 1.96. The SMILES string of the molecule is Cc1ccc(Nc2cc(Br)c(N)c3c2C(=O)c2ccccc2C3=O)c(S(=O)(=O)O)c1. The summed E-state index contributed by atoms with van der Waals surface area (Å²) < 4.78 is 33.7. The topological polar surface area (TPSA) is 127 Å². The van der Waals surface area contributed by atoms with Gasteiger partial charge in [-0.15, -0.1) is 0 Å². The fraction of sp³-hybridized carbons (Fsp3) is 0.0476. The molecule has 0 aliphatic heterocycles. The Morgan fingerprint density at radius 3 is 2.13 bits per heavy atom. The van der Waals surface area contributed by atoms with Crippen LogP contribution in [-0.2, 0) is 10.1 Å². The van der Waals surface area contributed by atoms with Gasteiger partial charge in [0.05, 0.1) is 28.2 Å². The van der Waals surface area contributed by atoms with Gasteiger partial charge in [0, 0.05) is 15.6 Å². The minimum Gasteiger partial charge on any atom is -0.397 e. The zero-order valence-electron chi connectivity index (χ0n) is 15.6. The van der Waals surface area contributed by atoms with Crippen molar-refractivity contribution in [3.8, 4) is 0 Å². The van der Waals surface area contributed by atoms with E-state index < -0.39 is 21.7 Å². The fourth-order valence-corrected chi connectivity index (χ4v) is 4.63. The number of hydrogen-bond acceptors (Lipinski definition) is 6. The molecule has 3 aromatic carbocycles. The summed E-state index contributed by atoms with van der Waals surface area (Å²) in [6.45, 7) is 1.68. The third-order valence-corrected chi connectivity index (χ3v) is 6.42. The van der Waals surface area contributed by atoms with Gasteiger partial charge < -0.3 is 11.1 Å². The first kappa shape index (κ1) is 20.3. The summed E-state index contributed by atoms with van der Waals surface area (Å²) in [4.78, 5) is 26.0. The van der Waals surface area contributed by atoms with E-state index >= 15 is 0 Å². The number of rotatable bonds is 3. The lowest BCUT2D eigenvalue weighted by atomic mass is 9.82. The largest absolute Gasteiger partial charge is 0.397 e. The highest BCUT2D eigenvalue weighted by atomic mass is 79.9. The monoisotopic (exact) mass is 486 g/mol. The molecule has 0 unspecified atom stereocenters. The minimum atomic E-state index is -4.54. The number of carbonyl (C=O) groups is 2. The minimum absolute atomic E-state index is 0.0380. The standard InChI is InChI=1S/C21H15BrN2O5S/c1-10-6-7-14(16(8-10)30(27,28)29)24-15-9-13(22)19(23)18-17(15)20(25)11-4-2-3-5-12(11)21(18)26/h2-9,24H,23H2,1H3,(H,27,28,29). The Bertz CT molecular complexity index is 1370. The van der Waals surface area contributed by atoms with Gasteiger partial charge in [-0.1, -0.05) is 30.3 Å². The van der Waals surface area contributed by atoms with E-state index in [1.54, 1.807) is 37.3 Å². The van der Waals surface area contributed by atoms with Gasteiger partial charge in [0.25, 0.3) is 10.1 Å².